The molecule has 0 aliphatic carbocycles. The monoisotopic (exact) mass is 448 g/mol. The lowest BCUT2D eigenvalue weighted by Crippen LogP contribution is -2.26. The maximum atomic E-state index is 13.0. The van der Waals surface area contributed by atoms with E-state index in [1.54, 1.807) is 22.8 Å². The Balaban J connectivity index is 2.10. The lowest BCUT2D eigenvalue weighted by Gasteiger charge is -2.25. The largest absolute Gasteiger partial charge is 0.480 e. The van der Waals surface area contributed by atoms with Crippen LogP contribution in [0.3, 0.4) is 0 Å². The molecule has 1 aliphatic rings. The van der Waals surface area contributed by atoms with Crippen molar-refractivity contribution in [2.75, 3.05) is 11.4 Å². The van der Waals surface area contributed by atoms with Gasteiger partial charge in [0.05, 0.1) is 20.5 Å². The summed E-state index contributed by atoms with van der Waals surface area (Å²) < 4.78 is 2.19. The van der Waals surface area contributed by atoms with Crippen molar-refractivity contribution in [3.8, 4) is 0 Å². The van der Waals surface area contributed by atoms with Gasteiger partial charge in [-0.3, -0.25) is 9.59 Å². The Morgan fingerprint density at radius 1 is 1.30 bits per heavy atom. The van der Waals surface area contributed by atoms with Crippen LogP contribution < -0.4 is 10.3 Å². The van der Waals surface area contributed by atoms with Gasteiger partial charge in [0.25, 0.3) is 0 Å². The number of fused-ring (bicyclic) bond motifs is 2. The van der Waals surface area contributed by atoms with E-state index >= 15 is 0 Å². The maximum Gasteiger partial charge on any atom is 0.323 e. The van der Waals surface area contributed by atoms with Gasteiger partial charge in [-0.1, -0.05) is 11.6 Å². The molecule has 1 N–H and O–H groups in total. The molecule has 0 saturated carbocycles. The van der Waals surface area contributed by atoms with Gasteiger partial charge in [-0.05, 0) is 66.0 Å². The van der Waals surface area contributed by atoms with Gasteiger partial charge in [0.1, 0.15) is 6.54 Å². The summed E-state index contributed by atoms with van der Waals surface area (Å²) in [6.07, 6.45) is 2.25. The van der Waals surface area contributed by atoms with Gasteiger partial charge in [-0.15, -0.1) is 0 Å². The first-order valence-electron chi connectivity index (χ1n) is 8.81. The third kappa shape index (κ3) is 3.01. The van der Waals surface area contributed by atoms with Gasteiger partial charge in [0, 0.05) is 29.0 Å². The van der Waals surface area contributed by atoms with E-state index in [0.717, 1.165) is 25.1 Å². The molecule has 1 fully saturated rings. The molecular weight excluding hydrogens is 432 g/mol. The maximum absolute atomic E-state index is 13.0. The second kappa shape index (κ2) is 6.84. The smallest absolute Gasteiger partial charge is 0.323 e. The molecular formula is C20H18BrClN2O3. The topological polar surface area (TPSA) is 62.5 Å². The molecule has 27 heavy (non-hydrogen) atoms. The van der Waals surface area contributed by atoms with Crippen molar-refractivity contribution in [3.63, 3.8) is 0 Å². The molecule has 2 aromatic carbocycles. The molecule has 1 saturated heterocycles. The summed E-state index contributed by atoms with van der Waals surface area (Å²) in [6, 6.07) is 9.40. The van der Waals surface area contributed by atoms with Crippen LogP contribution in [0.4, 0.5) is 5.69 Å². The minimum atomic E-state index is -0.979. The molecule has 0 bridgehead atoms. The molecule has 3 aromatic rings. The van der Waals surface area contributed by atoms with Gasteiger partial charge in [-0.2, -0.15) is 0 Å². The zero-order valence-electron chi connectivity index (χ0n) is 14.7. The van der Waals surface area contributed by atoms with E-state index in [0.29, 0.717) is 37.3 Å². The highest BCUT2D eigenvalue weighted by atomic mass is 79.9. The van der Waals surface area contributed by atoms with Gasteiger partial charge in [0.2, 0.25) is 0 Å². The van der Waals surface area contributed by atoms with Crippen LogP contribution in [0.1, 0.15) is 19.8 Å². The quantitative estimate of drug-likeness (QED) is 0.592. The highest BCUT2D eigenvalue weighted by molar-refractivity contribution is 9.10. The summed E-state index contributed by atoms with van der Waals surface area (Å²) in [5.41, 5.74) is 1.99. The van der Waals surface area contributed by atoms with Crippen LogP contribution in [0.25, 0.3) is 21.8 Å². The van der Waals surface area contributed by atoms with E-state index in [9.17, 15) is 14.7 Å². The summed E-state index contributed by atoms with van der Waals surface area (Å²) in [4.78, 5) is 26.9. The number of hydrogen-bond acceptors (Lipinski definition) is 3. The van der Waals surface area contributed by atoms with Crippen molar-refractivity contribution in [1.82, 2.24) is 4.57 Å². The van der Waals surface area contributed by atoms with E-state index in [4.69, 9.17) is 11.6 Å². The number of nitrogens with zero attached hydrogens (tertiary/aromatic N) is 2. The molecule has 0 spiro atoms. The number of aliphatic carboxylic acids is 1. The Labute approximate surface area is 169 Å². The normalized spacial score (nSPS) is 17.1. The Kier molecular flexibility index (Phi) is 4.64. The lowest BCUT2D eigenvalue weighted by atomic mass is 10.1. The Morgan fingerprint density at radius 2 is 2.04 bits per heavy atom. The first-order chi connectivity index (χ1) is 12.9. The number of carbonyl (C=O) groups is 1. The SMILES string of the molecule is C[C@@H]1CCCN1c1ccc2c(=O)c3ccc(Cl)c(Br)c3n(CC(=O)O)c2c1. The standard InChI is InChI=1S/C20H18BrClN2O3/c1-11-3-2-8-23(11)12-4-5-13-16(9-12)24(10-17(25)26)19-14(20(13)27)6-7-15(22)18(19)21/h4-7,9,11H,2-3,8,10H2,1H3,(H,25,26)/t11-/m1/s1. The Bertz CT molecular complexity index is 1140. The van der Waals surface area contributed by atoms with Gasteiger partial charge in [-0.25, -0.2) is 0 Å². The van der Waals surface area contributed by atoms with Crippen molar-refractivity contribution in [1.29, 1.82) is 0 Å². The van der Waals surface area contributed by atoms with Crippen LogP contribution in [-0.2, 0) is 11.3 Å². The number of carboxylic acids is 1. The zero-order chi connectivity index (χ0) is 19.3. The molecule has 0 unspecified atom stereocenters. The molecule has 5 nitrogen and oxygen atoms in total. The third-order valence-corrected chi connectivity index (χ3v) is 6.62. The van der Waals surface area contributed by atoms with Crippen LogP contribution in [-0.4, -0.2) is 28.2 Å². The number of anilines is 1. The van der Waals surface area contributed by atoms with Crippen molar-refractivity contribution in [2.45, 2.75) is 32.4 Å². The summed E-state index contributed by atoms with van der Waals surface area (Å²) in [5.74, 6) is -0.979. The molecule has 1 aliphatic heterocycles. The molecule has 1 aromatic heterocycles. The van der Waals surface area contributed by atoms with E-state index < -0.39 is 5.97 Å². The van der Waals surface area contributed by atoms with Crippen LogP contribution in [0.2, 0.25) is 5.02 Å². The van der Waals surface area contributed by atoms with E-state index in [1.807, 2.05) is 12.1 Å². The summed E-state index contributed by atoms with van der Waals surface area (Å²) >= 11 is 9.68. The molecule has 0 amide bonds. The number of rotatable bonds is 3. The molecule has 0 radical (unpaired) electrons. The van der Waals surface area contributed by atoms with Crippen molar-refractivity contribution < 1.29 is 9.90 Å². The molecule has 2 heterocycles. The van der Waals surface area contributed by atoms with Crippen LogP contribution >= 0.6 is 27.5 Å². The summed E-state index contributed by atoms with van der Waals surface area (Å²) in [6.45, 7) is 2.88. The van der Waals surface area contributed by atoms with Crippen LogP contribution in [0.15, 0.2) is 39.6 Å². The van der Waals surface area contributed by atoms with Crippen LogP contribution in [0.5, 0.6) is 0 Å². The first kappa shape index (κ1) is 18.3. The second-order valence-electron chi connectivity index (χ2n) is 6.95. The Hall–Kier alpha value is -2.05. The molecule has 140 valence electrons. The highest BCUT2D eigenvalue weighted by Crippen LogP contribution is 2.34. The number of hydrogen-bond donors (Lipinski definition) is 1. The predicted octanol–water partition coefficient (Wildman–Crippen LogP) is 4.64. The summed E-state index contributed by atoms with van der Waals surface area (Å²) in [5, 5.41) is 10.9. The molecule has 4 rings (SSSR count). The second-order valence-corrected chi connectivity index (χ2v) is 8.15. The number of halogens is 2. The predicted molar refractivity (Wildman–Crippen MR) is 112 cm³/mol. The average Bonchev–Trinajstić information content (AvgIpc) is 3.06. The minimum absolute atomic E-state index is 0.125. The number of pyridine rings is 1. The van der Waals surface area contributed by atoms with Gasteiger partial charge < -0.3 is 14.6 Å². The van der Waals surface area contributed by atoms with E-state index in [-0.39, 0.29) is 12.0 Å². The first-order valence-corrected chi connectivity index (χ1v) is 9.98. The molecule has 1 atom stereocenters. The van der Waals surface area contributed by atoms with Crippen molar-refractivity contribution >= 4 is 61.0 Å². The average molecular weight is 450 g/mol. The number of benzene rings is 2. The molecule has 7 heteroatoms. The lowest BCUT2D eigenvalue weighted by molar-refractivity contribution is -0.137. The fourth-order valence-corrected chi connectivity index (χ4v) is 4.70. The number of aromatic nitrogens is 1. The van der Waals surface area contributed by atoms with Crippen molar-refractivity contribution in [2.24, 2.45) is 0 Å². The van der Waals surface area contributed by atoms with Crippen molar-refractivity contribution in [3.05, 3.63) is 50.1 Å². The Morgan fingerprint density at radius 3 is 2.70 bits per heavy atom. The van der Waals surface area contributed by atoms with E-state index in [1.165, 1.54) is 0 Å². The van der Waals surface area contributed by atoms with Crippen LogP contribution in [0, 0.1) is 0 Å². The van der Waals surface area contributed by atoms with Gasteiger partial charge in [0.15, 0.2) is 5.43 Å². The fraction of sp³-hybridized carbons (Fsp3) is 0.300. The number of carboxylic acid groups (broad SMARTS) is 1. The summed E-state index contributed by atoms with van der Waals surface area (Å²) in [7, 11) is 0. The highest BCUT2D eigenvalue weighted by Gasteiger charge is 2.22. The van der Waals surface area contributed by atoms with E-state index in [2.05, 4.69) is 27.8 Å². The fourth-order valence-electron chi connectivity index (χ4n) is 3.98. The third-order valence-electron chi connectivity index (χ3n) is 5.28. The van der Waals surface area contributed by atoms with Gasteiger partial charge >= 0.3 is 5.97 Å². The minimum Gasteiger partial charge on any atom is -0.480 e. The zero-order valence-corrected chi connectivity index (χ0v) is 17.0.